The van der Waals surface area contributed by atoms with E-state index in [-0.39, 0.29) is 17.8 Å². The molecule has 136 valence electrons. The Hall–Kier alpha value is -2.31. The van der Waals surface area contributed by atoms with Crippen LogP contribution in [0.5, 0.6) is 0 Å². The van der Waals surface area contributed by atoms with Gasteiger partial charge in [-0.3, -0.25) is 14.7 Å². The second-order valence-corrected chi connectivity index (χ2v) is 6.90. The van der Waals surface area contributed by atoms with E-state index in [1.807, 2.05) is 23.1 Å². The Balaban J connectivity index is 1.32. The number of hydrogen-bond acceptors (Lipinski definition) is 4. The van der Waals surface area contributed by atoms with Crippen LogP contribution in [0.2, 0.25) is 0 Å². The highest BCUT2D eigenvalue weighted by molar-refractivity contribution is 5.94. The first kappa shape index (κ1) is 17.1. The van der Waals surface area contributed by atoms with E-state index in [0.717, 1.165) is 25.2 Å². The number of pyridine rings is 1. The summed E-state index contributed by atoms with van der Waals surface area (Å²) >= 11 is 0. The van der Waals surface area contributed by atoms with Gasteiger partial charge in [0.2, 0.25) is 0 Å². The minimum atomic E-state index is -0.324. The van der Waals surface area contributed by atoms with Gasteiger partial charge in [-0.2, -0.15) is 0 Å². The molecule has 1 amide bonds. The topological polar surface area (TPSA) is 45.7 Å². The third-order valence-electron chi connectivity index (χ3n) is 5.15. The fourth-order valence-corrected chi connectivity index (χ4v) is 3.76. The molecule has 0 N–H and O–H groups in total. The van der Waals surface area contributed by atoms with Crippen LogP contribution in [-0.2, 0) is 11.3 Å². The van der Waals surface area contributed by atoms with E-state index in [9.17, 15) is 9.18 Å². The lowest BCUT2D eigenvalue weighted by atomic mass is 10.1. The molecular weight excluding hydrogens is 333 g/mol. The van der Waals surface area contributed by atoms with Crippen molar-refractivity contribution in [3.05, 3.63) is 65.7 Å². The first-order valence-electron chi connectivity index (χ1n) is 8.99. The van der Waals surface area contributed by atoms with Gasteiger partial charge >= 0.3 is 0 Å². The molecule has 0 aliphatic carbocycles. The van der Waals surface area contributed by atoms with Crippen LogP contribution >= 0.6 is 0 Å². The summed E-state index contributed by atoms with van der Waals surface area (Å²) in [6.45, 7) is 3.65. The maximum Gasteiger partial charge on any atom is 0.253 e. The highest BCUT2D eigenvalue weighted by Gasteiger charge is 2.38. The van der Waals surface area contributed by atoms with Crippen LogP contribution < -0.4 is 0 Å². The Morgan fingerprint density at radius 1 is 1.15 bits per heavy atom. The number of rotatable bonds is 4. The maximum absolute atomic E-state index is 13.1. The second-order valence-electron chi connectivity index (χ2n) is 6.90. The van der Waals surface area contributed by atoms with Crippen molar-refractivity contribution in [2.24, 2.45) is 0 Å². The zero-order chi connectivity index (χ0) is 17.9. The molecule has 2 aliphatic rings. The molecule has 0 bridgehead atoms. The summed E-state index contributed by atoms with van der Waals surface area (Å²) in [5, 5.41) is 0. The van der Waals surface area contributed by atoms with Gasteiger partial charge in [-0.05, 0) is 42.8 Å². The number of ether oxygens (including phenoxy) is 1. The molecule has 2 saturated heterocycles. The number of nitrogens with zero attached hydrogens (tertiary/aromatic N) is 3. The molecule has 26 heavy (non-hydrogen) atoms. The number of carbonyl (C=O) groups is 1. The first-order chi connectivity index (χ1) is 12.7. The molecule has 2 atom stereocenters. The largest absolute Gasteiger partial charge is 0.371 e. The average Bonchev–Trinajstić information content (AvgIpc) is 3.09. The van der Waals surface area contributed by atoms with E-state index in [1.54, 1.807) is 18.3 Å². The lowest BCUT2D eigenvalue weighted by Gasteiger charge is -2.37. The summed E-state index contributed by atoms with van der Waals surface area (Å²) in [4.78, 5) is 21.2. The first-order valence-corrected chi connectivity index (χ1v) is 8.99. The Kier molecular flexibility index (Phi) is 4.95. The molecular formula is C20H22FN3O2. The number of benzene rings is 1. The molecule has 0 saturated carbocycles. The van der Waals surface area contributed by atoms with Gasteiger partial charge in [-0.15, -0.1) is 0 Å². The van der Waals surface area contributed by atoms with Gasteiger partial charge in [0.1, 0.15) is 5.82 Å². The molecule has 3 heterocycles. The predicted octanol–water partition coefficient (Wildman–Crippen LogP) is 2.34. The SMILES string of the molecule is O=C(c1ccc(F)cc1)N1CCN2C[C@H](OCc3ccccn3)C[C@H]2C1. The normalized spacial score (nSPS) is 23.0. The number of halogens is 1. The van der Waals surface area contributed by atoms with Crippen LogP contribution in [0.3, 0.4) is 0 Å². The Bertz CT molecular complexity index is 753. The number of amides is 1. The molecule has 2 aliphatic heterocycles. The third kappa shape index (κ3) is 3.76. The minimum Gasteiger partial charge on any atom is -0.371 e. The van der Waals surface area contributed by atoms with Crippen molar-refractivity contribution in [3.8, 4) is 0 Å². The van der Waals surface area contributed by atoms with E-state index in [0.29, 0.717) is 31.3 Å². The van der Waals surface area contributed by atoms with Gasteiger partial charge in [0, 0.05) is 44.0 Å². The van der Waals surface area contributed by atoms with Crippen molar-refractivity contribution in [3.63, 3.8) is 0 Å². The zero-order valence-corrected chi connectivity index (χ0v) is 14.6. The smallest absolute Gasteiger partial charge is 0.253 e. The highest BCUT2D eigenvalue weighted by atomic mass is 19.1. The van der Waals surface area contributed by atoms with Crippen LogP contribution in [-0.4, -0.2) is 59.0 Å². The molecule has 5 nitrogen and oxygen atoms in total. The Morgan fingerprint density at radius 2 is 2.00 bits per heavy atom. The van der Waals surface area contributed by atoms with Gasteiger partial charge in [-0.1, -0.05) is 6.07 Å². The molecule has 0 radical (unpaired) electrons. The predicted molar refractivity (Wildman–Crippen MR) is 95.1 cm³/mol. The molecule has 2 aromatic rings. The number of fused-ring (bicyclic) bond motifs is 1. The van der Waals surface area contributed by atoms with Crippen LogP contribution in [0.4, 0.5) is 4.39 Å². The van der Waals surface area contributed by atoms with Gasteiger partial charge < -0.3 is 9.64 Å². The Morgan fingerprint density at radius 3 is 2.77 bits per heavy atom. The van der Waals surface area contributed by atoms with Gasteiger partial charge in [0.25, 0.3) is 5.91 Å². The van der Waals surface area contributed by atoms with Crippen molar-refractivity contribution < 1.29 is 13.9 Å². The molecule has 4 rings (SSSR count). The summed E-state index contributed by atoms with van der Waals surface area (Å²) in [5.41, 5.74) is 1.48. The van der Waals surface area contributed by atoms with Gasteiger partial charge in [0.05, 0.1) is 18.4 Å². The molecule has 2 fully saturated rings. The quantitative estimate of drug-likeness (QED) is 0.845. The van der Waals surface area contributed by atoms with E-state index in [1.165, 1.54) is 12.1 Å². The summed E-state index contributed by atoms with van der Waals surface area (Å²) in [6, 6.07) is 11.9. The number of hydrogen-bond donors (Lipinski definition) is 0. The summed E-state index contributed by atoms with van der Waals surface area (Å²) in [5.74, 6) is -0.349. The van der Waals surface area contributed by atoms with E-state index in [2.05, 4.69) is 9.88 Å². The zero-order valence-electron chi connectivity index (χ0n) is 14.6. The summed E-state index contributed by atoms with van der Waals surface area (Å²) in [7, 11) is 0. The van der Waals surface area contributed by atoms with Crippen LogP contribution in [0.25, 0.3) is 0 Å². The monoisotopic (exact) mass is 355 g/mol. The number of piperazine rings is 1. The van der Waals surface area contributed by atoms with Gasteiger partial charge in [-0.25, -0.2) is 4.39 Å². The lowest BCUT2D eigenvalue weighted by molar-refractivity contribution is 0.0435. The Labute approximate surface area is 152 Å². The molecule has 6 heteroatoms. The number of aromatic nitrogens is 1. The molecule has 1 aromatic carbocycles. The van der Waals surface area contributed by atoms with E-state index < -0.39 is 0 Å². The van der Waals surface area contributed by atoms with E-state index >= 15 is 0 Å². The standard InChI is InChI=1S/C20H22FN3O2/c21-16-6-4-15(5-7-16)20(25)24-10-9-23-13-19(11-18(23)12-24)26-14-17-3-1-2-8-22-17/h1-8,18-19H,9-14H2/t18-,19+/m0/s1. The van der Waals surface area contributed by atoms with Crippen molar-refractivity contribution in [2.75, 3.05) is 26.2 Å². The van der Waals surface area contributed by atoms with Crippen molar-refractivity contribution in [2.45, 2.75) is 25.2 Å². The fourth-order valence-electron chi connectivity index (χ4n) is 3.76. The molecule has 0 unspecified atom stereocenters. The van der Waals surface area contributed by atoms with Crippen LogP contribution in [0.1, 0.15) is 22.5 Å². The fraction of sp³-hybridized carbons (Fsp3) is 0.400. The van der Waals surface area contributed by atoms with Crippen molar-refractivity contribution in [1.29, 1.82) is 0 Å². The average molecular weight is 355 g/mol. The van der Waals surface area contributed by atoms with Crippen LogP contribution in [0.15, 0.2) is 48.7 Å². The third-order valence-corrected chi connectivity index (χ3v) is 5.15. The second kappa shape index (κ2) is 7.51. The maximum atomic E-state index is 13.1. The van der Waals surface area contributed by atoms with Crippen LogP contribution in [0, 0.1) is 5.82 Å². The van der Waals surface area contributed by atoms with Gasteiger partial charge in [0.15, 0.2) is 0 Å². The molecule has 1 aromatic heterocycles. The highest BCUT2D eigenvalue weighted by Crippen LogP contribution is 2.25. The van der Waals surface area contributed by atoms with E-state index in [4.69, 9.17) is 4.74 Å². The minimum absolute atomic E-state index is 0.0255. The summed E-state index contributed by atoms with van der Waals surface area (Å²) < 4.78 is 19.1. The van der Waals surface area contributed by atoms with Crippen molar-refractivity contribution in [1.82, 2.24) is 14.8 Å². The molecule has 0 spiro atoms. The van der Waals surface area contributed by atoms with Crippen molar-refractivity contribution >= 4 is 5.91 Å². The lowest BCUT2D eigenvalue weighted by Crippen LogP contribution is -2.52. The number of carbonyl (C=O) groups excluding carboxylic acids is 1. The summed E-state index contributed by atoms with van der Waals surface area (Å²) in [6.07, 6.45) is 2.86.